The maximum Gasteiger partial charge on any atom is 0.215 e. The van der Waals surface area contributed by atoms with Gasteiger partial charge in [0.25, 0.3) is 0 Å². The Hall–Kier alpha value is -3.27. The normalized spacial score (nSPS) is 11.4. The third-order valence-electron chi connectivity index (χ3n) is 5.29. The molecule has 0 radical (unpaired) electrons. The third-order valence-corrected chi connectivity index (χ3v) is 7.52. The topological polar surface area (TPSA) is 93.3 Å². The van der Waals surface area contributed by atoms with Crippen LogP contribution in [0.25, 0.3) is 22.5 Å². The van der Waals surface area contributed by atoms with E-state index in [9.17, 15) is 8.42 Å². The van der Waals surface area contributed by atoms with E-state index < -0.39 is 10.0 Å². The highest BCUT2D eigenvalue weighted by Gasteiger charge is 2.16. The highest BCUT2D eigenvalue weighted by Crippen LogP contribution is 2.34. The molecule has 3 aromatic carbocycles. The maximum atomic E-state index is 12.4. The van der Waals surface area contributed by atoms with Crippen LogP contribution in [0.4, 0.5) is 0 Å². The van der Waals surface area contributed by atoms with Crippen molar-refractivity contribution < 1.29 is 17.9 Å². The van der Waals surface area contributed by atoms with E-state index in [1.807, 2.05) is 66.7 Å². The van der Waals surface area contributed by atoms with Gasteiger partial charge in [-0.1, -0.05) is 42.1 Å². The number of hydrogen-bond acceptors (Lipinski definition) is 6. The van der Waals surface area contributed by atoms with Gasteiger partial charge in [0.2, 0.25) is 10.0 Å². The van der Waals surface area contributed by atoms with Gasteiger partial charge in [-0.05, 0) is 54.1 Å². The molecule has 4 rings (SSSR count). The van der Waals surface area contributed by atoms with Crippen molar-refractivity contribution in [2.24, 2.45) is 0 Å². The Balaban J connectivity index is 1.47. The van der Waals surface area contributed by atoms with E-state index in [0.717, 1.165) is 39.6 Å². The summed E-state index contributed by atoms with van der Waals surface area (Å²) in [5, 5.41) is 0.712. The van der Waals surface area contributed by atoms with Crippen molar-refractivity contribution in [3.8, 4) is 34.0 Å². The SMILES string of the molecule is COc1ccc(-c2nc(SCCNS(=O)(=O)Cc3ccccc3)[nH]c2-c2ccc(OC)cc2)cc1. The summed E-state index contributed by atoms with van der Waals surface area (Å²) in [4.78, 5) is 8.22. The Labute approximate surface area is 210 Å². The molecule has 182 valence electrons. The number of rotatable bonds is 11. The van der Waals surface area contributed by atoms with Crippen molar-refractivity contribution in [1.82, 2.24) is 14.7 Å². The number of methoxy groups -OCH3 is 2. The van der Waals surface area contributed by atoms with Crippen molar-refractivity contribution in [3.63, 3.8) is 0 Å². The summed E-state index contributed by atoms with van der Waals surface area (Å²) < 4.78 is 38.0. The van der Waals surface area contributed by atoms with Gasteiger partial charge in [0, 0.05) is 23.4 Å². The molecule has 35 heavy (non-hydrogen) atoms. The monoisotopic (exact) mass is 509 g/mol. The second-order valence-electron chi connectivity index (χ2n) is 7.71. The van der Waals surface area contributed by atoms with Crippen LogP contribution < -0.4 is 14.2 Å². The smallest absolute Gasteiger partial charge is 0.215 e. The lowest BCUT2D eigenvalue weighted by molar-refractivity contribution is 0.414. The van der Waals surface area contributed by atoms with Gasteiger partial charge < -0.3 is 14.5 Å². The number of aromatic nitrogens is 2. The van der Waals surface area contributed by atoms with E-state index in [0.29, 0.717) is 17.5 Å². The zero-order valence-electron chi connectivity index (χ0n) is 19.5. The molecule has 0 bridgehead atoms. The van der Waals surface area contributed by atoms with Crippen molar-refractivity contribution in [2.45, 2.75) is 10.9 Å². The Morgan fingerprint density at radius 1 is 0.857 bits per heavy atom. The van der Waals surface area contributed by atoms with Crippen LogP contribution >= 0.6 is 11.8 Å². The van der Waals surface area contributed by atoms with Gasteiger partial charge >= 0.3 is 0 Å². The van der Waals surface area contributed by atoms with Gasteiger partial charge in [-0.25, -0.2) is 18.1 Å². The van der Waals surface area contributed by atoms with Crippen LogP contribution in [0.15, 0.2) is 84.0 Å². The molecule has 1 aromatic heterocycles. The highest BCUT2D eigenvalue weighted by molar-refractivity contribution is 7.99. The van der Waals surface area contributed by atoms with Gasteiger partial charge in [0.05, 0.1) is 31.4 Å². The Morgan fingerprint density at radius 2 is 1.46 bits per heavy atom. The largest absolute Gasteiger partial charge is 0.497 e. The number of thioether (sulfide) groups is 1. The van der Waals surface area contributed by atoms with Crippen LogP contribution in [0.5, 0.6) is 11.5 Å². The summed E-state index contributed by atoms with van der Waals surface area (Å²) in [7, 11) is -0.139. The second-order valence-corrected chi connectivity index (χ2v) is 10.6. The lowest BCUT2D eigenvalue weighted by Gasteiger charge is -2.06. The number of hydrogen-bond donors (Lipinski definition) is 2. The summed E-state index contributed by atoms with van der Waals surface area (Å²) in [5.41, 5.74) is 4.37. The van der Waals surface area contributed by atoms with Crippen LogP contribution in [-0.2, 0) is 15.8 Å². The van der Waals surface area contributed by atoms with E-state index in [2.05, 4.69) is 9.71 Å². The first-order valence-corrected chi connectivity index (χ1v) is 13.6. The maximum absolute atomic E-state index is 12.4. The predicted molar refractivity (Wildman–Crippen MR) is 140 cm³/mol. The molecular weight excluding hydrogens is 482 g/mol. The van der Waals surface area contributed by atoms with Crippen molar-refractivity contribution in [2.75, 3.05) is 26.5 Å². The molecule has 4 aromatic rings. The van der Waals surface area contributed by atoms with E-state index in [1.54, 1.807) is 26.4 Å². The molecule has 0 amide bonds. The van der Waals surface area contributed by atoms with Gasteiger partial charge in [0.1, 0.15) is 11.5 Å². The van der Waals surface area contributed by atoms with Crippen LogP contribution in [0, 0.1) is 0 Å². The van der Waals surface area contributed by atoms with Crippen LogP contribution in [0.3, 0.4) is 0 Å². The number of imidazole rings is 1. The molecule has 0 aliphatic carbocycles. The standard InChI is InChI=1S/C26H27N3O4S2/c1-32-22-12-8-20(9-13-22)24-25(21-10-14-23(33-2)15-11-21)29-26(28-24)34-17-16-27-35(30,31)18-19-6-4-3-5-7-19/h3-15,27H,16-18H2,1-2H3,(H,28,29). The molecule has 7 nitrogen and oxygen atoms in total. The molecule has 0 saturated carbocycles. The summed E-state index contributed by atoms with van der Waals surface area (Å²) in [6, 6.07) is 24.6. The second kappa shape index (κ2) is 11.4. The molecule has 0 atom stereocenters. The lowest BCUT2D eigenvalue weighted by Crippen LogP contribution is -2.27. The number of nitrogens with one attached hydrogen (secondary N) is 2. The molecule has 0 aliphatic rings. The Morgan fingerprint density at radius 3 is 2.06 bits per heavy atom. The number of benzene rings is 3. The molecule has 2 N–H and O–H groups in total. The highest BCUT2D eigenvalue weighted by atomic mass is 32.2. The van der Waals surface area contributed by atoms with Crippen molar-refractivity contribution >= 4 is 21.8 Å². The summed E-state index contributed by atoms with van der Waals surface area (Å²) in [6.07, 6.45) is 0. The fourth-order valence-electron chi connectivity index (χ4n) is 3.53. The minimum atomic E-state index is -3.41. The average Bonchev–Trinajstić information content (AvgIpc) is 3.31. The quantitative estimate of drug-likeness (QED) is 0.219. The third kappa shape index (κ3) is 6.66. The van der Waals surface area contributed by atoms with Crippen LogP contribution in [-0.4, -0.2) is 44.9 Å². The number of nitrogens with zero attached hydrogens (tertiary/aromatic N) is 1. The average molecular weight is 510 g/mol. The number of ether oxygens (including phenoxy) is 2. The number of aromatic amines is 1. The van der Waals surface area contributed by atoms with Crippen molar-refractivity contribution in [1.29, 1.82) is 0 Å². The number of sulfonamides is 1. The Kier molecular flexibility index (Phi) is 8.12. The van der Waals surface area contributed by atoms with Crippen molar-refractivity contribution in [3.05, 3.63) is 84.4 Å². The van der Waals surface area contributed by atoms with Crippen LogP contribution in [0.2, 0.25) is 0 Å². The fourth-order valence-corrected chi connectivity index (χ4v) is 5.54. The van der Waals surface area contributed by atoms with E-state index >= 15 is 0 Å². The van der Waals surface area contributed by atoms with Gasteiger partial charge in [-0.3, -0.25) is 0 Å². The van der Waals surface area contributed by atoms with E-state index in [1.165, 1.54) is 11.8 Å². The fraction of sp³-hybridized carbons (Fsp3) is 0.192. The molecule has 0 spiro atoms. The summed E-state index contributed by atoms with van der Waals surface area (Å²) in [5.74, 6) is 2.04. The molecule has 0 unspecified atom stereocenters. The minimum Gasteiger partial charge on any atom is -0.497 e. The molecule has 9 heteroatoms. The Bertz CT molecular complexity index is 1270. The van der Waals surface area contributed by atoms with E-state index in [-0.39, 0.29) is 5.75 Å². The molecular formula is C26H27N3O4S2. The lowest BCUT2D eigenvalue weighted by atomic mass is 10.0. The first-order chi connectivity index (χ1) is 17.0. The predicted octanol–water partition coefficient (Wildman–Crippen LogP) is 4.97. The first-order valence-electron chi connectivity index (χ1n) is 11.0. The summed E-state index contributed by atoms with van der Waals surface area (Å²) >= 11 is 1.46. The van der Waals surface area contributed by atoms with E-state index in [4.69, 9.17) is 14.5 Å². The van der Waals surface area contributed by atoms with Crippen LogP contribution in [0.1, 0.15) is 5.56 Å². The molecule has 0 fully saturated rings. The molecule has 1 heterocycles. The zero-order valence-corrected chi connectivity index (χ0v) is 21.2. The van der Waals surface area contributed by atoms with Gasteiger partial charge in [-0.15, -0.1) is 0 Å². The molecule has 0 saturated heterocycles. The van der Waals surface area contributed by atoms with Gasteiger partial charge in [-0.2, -0.15) is 0 Å². The first kappa shape index (κ1) is 24.8. The minimum absolute atomic E-state index is 0.0392. The van der Waals surface area contributed by atoms with Gasteiger partial charge in [0.15, 0.2) is 5.16 Å². The zero-order chi connectivity index (χ0) is 24.7. The summed E-state index contributed by atoms with van der Waals surface area (Å²) in [6.45, 7) is 0.302. The number of H-pyrrole nitrogens is 1. The molecule has 0 aliphatic heterocycles.